The van der Waals surface area contributed by atoms with Crippen LogP contribution in [0.1, 0.15) is 18.3 Å². The van der Waals surface area contributed by atoms with E-state index in [9.17, 15) is 0 Å². The fourth-order valence-corrected chi connectivity index (χ4v) is 8.03. The summed E-state index contributed by atoms with van der Waals surface area (Å²) < 4.78 is 9.88. The van der Waals surface area contributed by atoms with Gasteiger partial charge in [0.2, 0.25) is 5.71 Å². The second-order valence-electron chi connectivity index (χ2n) is 12.6. The van der Waals surface area contributed by atoms with Crippen molar-refractivity contribution in [1.82, 2.24) is 24.5 Å². The number of aromatic nitrogens is 5. The van der Waals surface area contributed by atoms with Gasteiger partial charge in [-0.05, 0) is 57.2 Å². The third-order valence-corrected chi connectivity index (χ3v) is 12.6. The zero-order valence-corrected chi connectivity index (χ0v) is 31.8. The van der Waals surface area contributed by atoms with Crippen LogP contribution in [0.5, 0.6) is 0 Å². The molecule has 3 aromatic carbocycles. The Labute approximate surface area is 291 Å². The number of pyridine rings is 3. The summed E-state index contributed by atoms with van der Waals surface area (Å²) in [6.07, 6.45) is 2.04. The van der Waals surface area contributed by atoms with Crippen LogP contribution in [0, 0.1) is 26.0 Å². The molecule has 0 fully saturated rings. The molecule has 0 aliphatic rings. The molecule has 0 atom stereocenters. The number of hydrogen-bond acceptors (Lipinski definition) is 5. The van der Waals surface area contributed by atoms with Gasteiger partial charge in [-0.3, -0.25) is 9.97 Å². The van der Waals surface area contributed by atoms with Crippen molar-refractivity contribution in [3.05, 3.63) is 115 Å². The van der Waals surface area contributed by atoms with Gasteiger partial charge in [0.1, 0.15) is 0 Å². The second kappa shape index (κ2) is 13.1. The zero-order valence-electron chi connectivity index (χ0n) is 27.3. The third-order valence-electron chi connectivity index (χ3n) is 8.30. The fraction of sp³-hybridized carbons (Fsp3) is 0.179. The standard InChI is InChI=1S/C25H19N4O.C14H16GeN.Ir/c1-4-29-22-18-11-9-14(2)26-20(18)12-13-21(22)28-24(29)19-7-5-6-16-17-10-8-15(3)27-25(17)30-23(16)19;1-15(2,3)13-9-10-14(16-11-13)12-7-5-4-6-8-12;/h5-6,8-13H,4H2,1-3H3;4-7,9-11H,1-3H3;/q2*-1;. The summed E-state index contributed by atoms with van der Waals surface area (Å²) in [6.45, 7) is 6.89. The molecule has 5 heterocycles. The Hall–Kier alpha value is -4.17. The number of rotatable bonds is 4. The first kappa shape index (κ1) is 32.8. The smallest absolute Gasteiger partial charge is 0 e. The van der Waals surface area contributed by atoms with Gasteiger partial charge in [0.25, 0.3) is 0 Å². The summed E-state index contributed by atoms with van der Waals surface area (Å²) in [4.78, 5) is 18.8. The Bertz CT molecular complexity index is 2360. The Morgan fingerprint density at radius 3 is 2.21 bits per heavy atom. The van der Waals surface area contributed by atoms with Crippen LogP contribution in [0.25, 0.3) is 66.7 Å². The molecule has 47 heavy (non-hydrogen) atoms. The monoisotopic (exact) mass is 856 g/mol. The van der Waals surface area contributed by atoms with E-state index < -0.39 is 13.3 Å². The average molecular weight is 855 g/mol. The molecule has 5 aromatic heterocycles. The van der Waals surface area contributed by atoms with Crippen LogP contribution in [0.4, 0.5) is 0 Å². The van der Waals surface area contributed by atoms with Crippen molar-refractivity contribution in [3.8, 4) is 22.6 Å². The van der Waals surface area contributed by atoms with E-state index in [0.717, 1.165) is 78.9 Å². The number of furan rings is 1. The molecule has 0 amide bonds. The van der Waals surface area contributed by atoms with Gasteiger partial charge in [0, 0.05) is 48.8 Å². The van der Waals surface area contributed by atoms with Gasteiger partial charge in [-0.1, -0.05) is 10.9 Å². The Balaban J connectivity index is 0.000000194. The first-order valence-corrected chi connectivity index (χ1v) is 23.0. The minimum absolute atomic E-state index is 0. The average Bonchev–Trinajstić information content (AvgIpc) is 3.63. The molecule has 6 nitrogen and oxygen atoms in total. The maximum atomic E-state index is 6.21. The molecule has 0 saturated carbocycles. The van der Waals surface area contributed by atoms with E-state index in [4.69, 9.17) is 14.4 Å². The molecule has 0 bridgehead atoms. The largest absolute Gasteiger partial charge is 0 e. The summed E-state index contributed by atoms with van der Waals surface area (Å²) in [5, 5.41) is 3.14. The number of fused-ring (bicyclic) bond motifs is 6. The van der Waals surface area contributed by atoms with E-state index in [2.05, 4.69) is 81.2 Å². The van der Waals surface area contributed by atoms with Gasteiger partial charge in [-0.15, -0.1) is 18.2 Å². The molecule has 0 aliphatic heterocycles. The van der Waals surface area contributed by atoms with Crippen molar-refractivity contribution in [3.63, 3.8) is 0 Å². The Morgan fingerprint density at radius 1 is 0.745 bits per heavy atom. The maximum absolute atomic E-state index is 6.21. The van der Waals surface area contributed by atoms with Crippen molar-refractivity contribution < 1.29 is 24.5 Å². The zero-order chi connectivity index (χ0) is 32.0. The van der Waals surface area contributed by atoms with E-state index in [1.165, 1.54) is 4.40 Å². The molecule has 0 spiro atoms. The number of hydrogen-bond donors (Lipinski definition) is 0. The number of imidazole rings is 1. The molecule has 1 radical (unpaired) electrons. The normalized spacial score (nSPS) is 11.5. The summed E-state index contributed by atoms with van der Waals surface area (Å²) in [5.74, 6) is 7.99. The van der Waals surface area contributed by atoms with E-state index in [1.54, 1.807) is 0 Å². The molecule has 237 valence electrons. The van der Waals surface area contributed by atoms with Gasteiger partial charge >= 0.3 is 99.8 Å². The van der Waals surface area contributed by atoms with Crippen LogP contribution in [0.15, 0.2) is 95.5 Å². The summed E-state index contributed by atoms with van der Waals surface area (Å²) in [6, 6.07) is 35.2. The van der Waals surface area contributed by atoms with Crippen molar-refractivity contribution in [2.24, 2.45) is 0 Å². The molecule has 8 aromatic rings. The fourth-order valence-electron chi connectivity index (χ4n) is 5.86. The van der Waals surface area contributed by atoms with E-state index in [1.807, 2.05) is 74.6 Å². The van der Waals surface area contributed by atoms with Crippen molar-refractivity contribution in [1.29, 1.82) is 0 Å². The van der Waals surface area contributed by atoms with Crippen LogP contribution < -0.4 is 4.40 Å². The predicted octanol–water partition coefficient (Wildman–Crippen LogP) is 9.07. The van der Waals surface area contributed by atoms with Crippen molar-refractivity contribution in [2.75, 3.05) is 0 Å². The first-order chi connectivity index (χ1) is 22.2. The summed E-state index contributed by atoms with van der Waals surface area (Å²) in [7, 11) is 0. The van der Waals surface area contributed by atoms with E-state index in [0.29, 0.717) is 5.71 Å². The van der Waals surface area contributed by atoms with Crippen LogP contribution in [-0.2, 0) is 26.7 Å². The van der Waals surface area contributed by atoms with Gasteiger partial charge in [0.15, 0.2) is 0 Å². The quantitative estimate of drug-likeness (QED) is 0.131. The van der Waals surface area contributed by atoms with Crippen LogP contribution >= 0.6 is 0 Å². The van der Waals surface area contributed by atoms with E-state index in [-0.39, 0.29) is 20.1 Å². The molecule has 0 aliphatic carbocycles. The van der Waals surface area contributed by atoms with Crippen LogP contribution in [-0.4, -0.2) is 37.8 Å². The number of aryl methyl sites for hydroxylation is 3. The van der Waals surface area contributed by atoms with Gasteiger partial charge < -0.3 is 8.98 Å². The van der Waals surface area contributed by atoms with Crippen LogP contribution in [0.2, 0.25) is 17.3 Å². The molecule has 8 rings (SSSR count). The second-order valence-corrected chi connectivity index (χ2v) is 23.2. The molecule has 0 N–H and O–H groups in total. The Morgan fingerprint density at radius 2 is 1.51 bits per heavy atom. The molecule has 8 heteroatoms. The van der Waals surface area contributed by atoms with Crippen molar-refractivity contribution in [2.45, 2.75) is 44.6 Å². The summed E-state index contributed by atoms with van der Waals surface area (Å²) in [5.41, 5.74) is 9.31. The topological polar surface area (TPSA) is 69.6 Å². The first-order valence-electron chi connectivity index (χ1n) is 15.6. The SMILES string of the molecule is CCn1c(-c2[c-]ccc3c2oc2nc(C)ccc23)nc2ccc3nc(C)ccc3c21.[CH3][Ge]([CH3])([CH3])[c]1ccc(-c2[c-]cccc2)nc1.[Ir]. The van der Waals surface area contributed by atoms with Gasteiger partial charge in [0.05, 0.1) is 28.0 Å². The van der Waals surface area contributed by atoms with Gasteiger partial charge in [-0.2, -0.15) is 0 Å². The molecule has 0 unspecified atom stereocenters. The predicted molar refractivity (Wildman–Crippen MR) is 191 cm³/mol. The third kappa shape index (κ3) is 6.28. The maximum Gasteiger partial charge on any atom is 0 e. The van der Waals surface area contributed by atoms with Gasteiger partial charge in [-0.25, -0.2) is 4.98 Å². The summed E-state index contributed by atoms with van der Waals surface area (Å²) >= 11 is -1.72. The van der Waals surface area contributed by atoms with Crippen LogP contribution in [0.3, 0.4) is 0 Å². The van der Waals surface area contributed by atoms with E-state index >= 15 is 0 Å². The minimum Gasteiger partial charge on any atom is 0 e. The molecular formula is C39H35GeIrN5O-2. The van der Waals surface area contributed by atoms with Crippen molar-refractivity contribution >= 4 is 61.7 Å². The molecular weight excluding hydrogens is 819 g/mol. The molecule has 0 saturated heterocycles. The Kier molecular flexibility index (Phi) is 9.16. The number of nitrogens with zero attached hydrogens (tertiary/aromatic N) is 5. The minimum atomic E-state index is -1.72. The number of benzene rings is 3.